The van der Waals surface area contributed by atoms with E-state index in [1.54, 1.807) is 36.7 Å². The number of thioether (sulfide) groups is 2. The first-order chi connectivity index (χ1) is 11.5. The highest BCUT2D eigenvalue weighted by molar-refractivity contribution is 8.02. The maximum atomic E-state index is 12.6. The highest BCUT2D eigenvalue weighted by Gasteiger charge is 2.32. The molecule has 126 valence electrons. The van der Waals surface area contributed by atoms with Gasteiger partial charge in [-0.1, -0.05) is 30.0 Å². The summed E-state index contributed by atoms with van der Waals surface area (Å²) < 4.78 is 37.8. The molecule has 24 heavy (non-hydrogen) atoms. The van der Waals surface area contributed by atoms with Crippen LogP contribution in [0.15, 0.2) is 64.9 Å². The fourth-order valence-corrected chi connectivity index (χ4v) is 4.18. The molecule has 0 radical (unpaired) electrons. The lowest BCUT2D eigenvalue weighted by Crippen LogP contribution is -2.27. The Morgan fingerprint density at radius 1 is 1.21 bits per heavy atom. The van der Waals surface area contributed by atoms with Crippen molar-refractivity contribution in [3.8, 4) is 0 Å². The maximum absolute atomic E-state index is 12.6. The summed E-state index contributed by atoms with van der Waals surface area (Å²) in [7, 11) is 0. The molecule has 0 fully saturated rings. The number of halogens is 3. The average Bonchev–Trinajstić information content (AvgIpc) is 2.95. The van der Waals surface area contributed by atoms with Crippen molar-refractivity contribution < 1.29 is 13.2 Å². The van der Waals surface area contributed by atoms with Crippen molar-refractivity contribution in [2.75, 3.05) is 10.7 Å². The van der Waals surface area contributed by atoms with E-state index in [2.05, 4.69) is 4.98 Å². The van der Waals surface area contributed by atoms with Gasteiger partial charge in [-0.2, -0.15) is 13.2 Å². The second-order valence-corrected chi connectivity index (χ2v) is 7.03. The van der Waals surface area contributed by atoms with E-state index in [4.69, 9.17) is 5.73 Å². The van der Waals surface area contributed by atoms with Gasteiger partial charge in [-0.15, -0.1) is 11.8 Å². The van der Waals surface area contributed by atoms with E-state index < -0.39 is 11.9 Å². The monoisotopic (exact) mass is 369 g/mol. The summed E-state index contributed by atoms with van der Waals surface area (Å²) in [5.41, 5.74) is 7.71. The molecule has 1 unspecified atom stereocenters. The molecule has 1 aromatic heterocycles. The predicted octanol–water partition coefficient (Wildman–Crippen LogP) is 4.75. The Hall–Kier alpha value is -1.80. The number of anilines is 1. The Balaban J connectivity index is 1.93. The number of rotatable bonds is 4. The number of hydrogen-bond donors (Lipinski definition) is 1. The molecule has 1 aliphatic rings. The van der Waals surface area contributed by atoms with Gasteiger partial charge in [0.05, 0.1) is 11.4 Å². The highest BCUT2D eigenvalue weighted by Crippen LogP contribution is 2.46. The van der Waals surface area contributed by atoms with Crippen molar-refractivity contribution in [2.24, 2.45) is 5.73 Å². The highest BCUT2D eigenvalue weighted by atomic mass is 32.2. The molecule has 0 aliphatic carbocycles. The summed E-state index contributed by atoms with van der Waals surface area (Å²) in [4.78, 5) is 6.51. The zero-order valence-corrected chi connectivity index (χ0v) is 14.0. The molecule has 0 bridgehead atoms. The number of nitrogens with two attached hydrogens (primary N) is 1. The lowest BCUT2D eigenvalue weighted by atomic mass is 10.2. The van der Waals surface area contributed by atoms with Crippen molar-refractivity contribution in [2.45, 2.75) is 16.4 Å². The van der Waals surface area contributed by atoms with E-state index in [9.17, 15) is 13.2 Å². The van der Waals surface area contributed by atoms with E-state index in [1.807, 2.05) is 22.4 Å². The molecule has 3 rings (SSSR count). The first-order valence-electron chi connectivity index (χ1n) is 7.04. The number of benzene rings is 1. The Morgan fingerprint density at radius 3 is 2.71 bits per heavy atom. The molecular weight excluding hydrogens is 355 g/mol. The van der Waals surface area contributed by atoms with Crippen LogP contribution in [-0.2, 0) is 0 Å². The normalized spacial score (nSPS) is 17.9. The topological polar surface area (TPSA) is 42.1 Å². The number of hydrogen-bond acceptors (Lipinski definition) is 5. The smallest absolute Gasteiger partial charge is 0.385 e. The van der Waals surface area contributed by atoms with Gasteiger partial charge < -0.3 is 10.6 Å². The number of pyridine rings is 1. The minimum atomic E-state index is -4.22. The van der Waals surface area contributed by atoms with Crippen LogP contribution in [0, 0.1) is 0 Å². The van der Waals surface area contributed by atoms with Gasteiger partial charge in [0, 0.05) is 28.3 Å². The molecule has 1 aliphatic heterocycles. The third kappa shape index (κ3) is 3.81. The summed E-state index contributed by atoms with van der Waals surface area (Å²) in [6.07, 6.45) is -0.804. The van der Waals surface area contributed by atoms with Crippen LogP contribution in [0.1, 0.15) is 10.9 Å². The average molecular weight is 369 g/mol. The van der Waals surface area contributed by atoms with Gasteiger partial charge in [0.2, 0.25) is 0 Å². The van der Waals surface area contributed by atoms with Crippen molar-refractivity contribution in [1.82, 2.24) is 4.98 Å². The van der Waals surface area contributed by atoms with Crippen LogP contribution in [0.25, 0.3) is 0 Å². The van der Waals surface area contributed by atoms with Crippen LogP contribution in [0.5, 0.6) is 0 Å². The summed E-state index contributed by atoms with van der Waals surface area (Å²) in [5.74, 6) is -0.430. The lowest BCUT2D eigenvalue weighted by molar-refractivity contribution is -0.105. The first-order valence-corrected chi connectivity index (χ1v) is 8.97. The summed E-state index contributed by atoms with van der Waals surface area (Å²) in [6.45, 7) is 0. The van der Waals surface area contributed by atoms with Gasteiger partial charge in [-0.05, 0) is 18.2 Å². The second-order valence-electron chi connectivity index (χ2n) is 5.06. The van der Waals surface area contributed by atoms with Crippen LogP contribution >= 0.6 is 23.5 Å². The fraction of sp³-hybridized carbons (Fsp3) is 0.188. The fourth-order valence-electron chi connectivity index (χ4n) is 2.34. The molecule has 0 amide bonds. The standard InChI is InChI=1S/C16H14F3N3S2/c17-16(18,19)10-24-13-6-2-1-5-12(13)22-14(20)9-23-15(22)11-4-3-7-21-8-11/h1-9,15H,10,20H2. The predicted molar refractivity (Wildman–Crippen MR) is 92.5 cm³/mol. The number of nitrogens with zero attached hydrogens (tertiary/aromatic N) is 2. The van der Waals surface area contributed by atoms with Gasteiger partial charge in [0.25, 0.3) is 0 Å². The van der Waals surface area contributed by atoms with Crippen molar-refractivity contribution >= 4 is 29.2 Å². The van der Waals surface area contributed by atoms with E-state index in [-0.39, 0.29) is 5.37 Å². The minimum Gasteiger partial charge on any atom is -0.385 e. The van der Waals surface area contributed by atoms with Crippen molar-refractivity contribution in [3.05, 3.63) is 65.6 Å². The number of aromatic nitrogens is 1. The summed E-state index contributed by atoms with van der Waals surface area (Å²) in [5, 5.41) is 1.66. The molecule has 8 heteroatoms. The molecule has 2 heterocycles. The van der Waals surface area contributed by atoms with Crippen molar-refractivity contribution in [1.29, 1.82) is 0 Å². The van der Waals surface area contributed by atoms with Crippen LogP contribution < -0.4 is 10.6 Å². The third-order valence-electron chi connectivity index (χ3n) is 3.32. The second kappa shape index (κ2) is 6.98. The quantitative estimate of drug-likeness (QED) is 0.788. The van der Waals surface area contributed by atoms with E-state index in [0.29, 0.717) is 16.4 Å². The minimum absolute atomic E-state index is 0.147. The number of para-hydroxylation sites is 1. The van der Waals surface area contributed by atoms with Crippen molar-refractivity contribution in [3.63, 3.8) is 0 Å². The molecule has 2 aromatic rings. The zero-order chi connectivity index (χ0) is 17.2. The van der Waals surface area contributed by atoms with E-state index >= 15 is 0 Å². The van der Waals surface area contributed by atoms with Crippen LogP contribution in [0.3, 0.4) is 0 Å². The Morgan fingerprint density at radius 2 is 2.00 bits per heavy atom. The third-order valence-corrected chi connectivity index (χ3v) is 5.56. The van der Waals surface area contributed by atoms with E-state index in [1.165, 1.54) is 11.8 Å². The zero-order valence-electron chi connectivity index (χ0n) is 12.4. The molecule has 1 aromatic carbocycles. The van der Waals surface area contributed by atoms with Gasteiger partial charge in [-0.25, -0.2) is 0 Å². The molecule has 0 saturated heterocycles. The van der Waals surface area contributed by atoms with Crippen LogP contribution in [0.2, 0.25) is 0 Å². The Labute approximate surface area is 146 Å². The molecule has 0 spiro atoms. The first kappa shape index (κ1) is 17.0. The van der Waals surface area contributed by atoms with E-state index in [0.717, 1.165) is 17.3 Å². The Kier molecular flexibility index (Phi) is 4.96. The Bertz CT molecular complexity index is 735. The molecular formula is C16H14F3N3S2. The molecule has 1 atom stereocenters. The summed E-state index contributed by atoms with van der Waals surface area (Å²) in [6, 6.07) is 10.7. The SMILES string of the molecule is NC1=CSC(c2cccnc2)N1c1ccccc1SCC(F)(F)F. The molecule has 2 N–H and O–H groups in total. The molecule has 0 saturated carbocycles. The number of alkyl halides is 3. The largest absolute Gasteiger partial charge is 0.398 e. The van der Waals surface area contributed by atoms with Gasteiger partial charge in [0.15, 0.2) is 0 Å². The van der Waals surface area contributed by atoms with Gasteiger partial charge >= 0.3 is 6.18 Å². The van der Waals surface area contributed by atoms with Crippen LogP contribution in [0.4, 0.5) is 18.9 Å². The lowest BCUT2D eigenvalue weighted by Gasteiger charge is -2.29. The van der Waals surface area contributed by atoms with Gasteiger partial charge in [0.1, 0.15) is 11.2 Å². The maximum Gasteiger partial charge on any atom is 0.398 e. The van der Waals surface area contributed by atoms with Crippen LogP contribution in [-0.4, -0.2) is 16.9 Å². The molecule has 3 nitrogen and oxygen atoms in total. The van der Waals surface area contributed by atoms with Gasteiger partial charge in [-0.3, -0.25) is 4.98 Å². The summed E-state index contributed by atoms with van der Waals surface area (Å²) >= 11 is 2.27.